The molecule has 2 nitrogen and oxygen atoms in total. The molecule has 2 heteroatoms. The van der Waals surface area contributed by atoms with Crippen LogP contribution in [0.25, 0.3) is 0 Å². The van der Waals surface area contributed by atoms with Crippen molar-refractivity contribution in [2.24, 2.45) is 22.4 Å². The molecule has 0 saturated heterocycles. The van der Waals surface area contributed by atoms with Crippen LogP contribution in [0.4, 0.5) is 0 Å². The van der Waals surface area contributed by atoms with Gasteiger partial charge in [-0.1, -0.05) is 64.3 Å². The molecule has 0 aromatic carbocycles. The predicted molar refractivity (Wildman–Crippen MR) is 84.9 cm³/mol. The van der Waals surface area contributed by atoms with Crippen molar-refractivity contribution in [2.45, 2.75) is 74.1 Å². The van der Waals surface area contributed by atoms with Crippen molar-refractivity contribution in [3.63, 3.8) is 0 Å². The fraction of sp³-hybridized carbons (Fsp3) is 0.824. The Hall–Kier alpha value is -0.790. The zero-order valence-corrected chi connectivity index (χ0v) is 14.0. The molecule has 0 aromatic heterocycles. The van der Waals surface area contributed by atoms with Crippen LogP contribution in [0.1, 0.15) is 74.1 Å². The van der Waals surface area contributed by atoms with Crippen LogP contribution in [0.3, 0.4) is 0 Å². The van der Waals surface area contributed by atoms with E-state index in [-0.39, 0.29) is 5.41 Å². The lowest BCUT2D eigenvalue weighted by molar-refractivity contribution is 0.253. The van der Waals surface area contributed by atoms with Crippen molar-refractivity contribution >= 4 is 5.71 Å². The average molecular weight is 267 g/mol. The van der Waals surface area contributed by atoms with Crippen LogP contribution in [0.2, 0.25) is 0 Å². The topological polar surface area (TPSA) is 32.6 Å². The van der Waals surface area contributed by atoms with E-state index in [0.29, 0.717) is 11.8 Å². The van der Waals surface area contributed by atoms with E-state index in [9.17, 15) is 5.21 Å². The number of hydrogen-bond donors (Lipinski definition) is 1. The van der Waals surface area contributed by atoms with E-state index in [0.717, 1.165) is 18.6 Å². The van der Waals surface area contributed by atoms with Gasteiger partial charge in [-0.05, 0) is 32.6 Å². The first-order valence-corrected chi connectivity index (χ1v) is 7.65. The fourth-order valence-electron chi connectivity index (χ4n) is 2.56. The van der Waals surface area contributed by atoms with Gasteiger partial charge in [0.1, 0.15) is 0 Å². The summed E-state index contributed by atoms with van der Waals surface area (Å²) in [6.45, 7) is 15.3. The van der Waals surface area contributed by atoms with Crippen molar-refractivity contribution in [1.29, 1.82) is 0 Å². The maximum absolute atomic E-state index is 9.51. The Bertz CT molecular complexity index is 313. The SMILES string of the molecule is CCCCC(C)(/C(=N/O)C(C)CC=C(C)C)C(C)C. The second kappa shape index (κ2) is 8.39. The largest absolute Gasteiger partial charge is 0.411 e. The van der Waals surface area contributed by atoms with Crippen LogP contribution in [-0.4, -0.2) is 10.9 Å². The van der Waals surface area contributed by atoms with E-state index in [1.807, 2.05) is 0 Å². The van der Waals surface area contributed by atoms with Gasteiger partial charge in [0.05, 0.1) is 5.71 Å². The van der Waals surface area contributed by atoms with Gasteiger partial charge in [0.2, 0.25) is 0 Å². The first kappa shape index (κ1) is 18.2. The Balaban J connectivity index is 5.10. The van der Waals surface area contributed by atoms with Gasteiger partial charge in [0, 0.05) is 11.3 Å². The van der Waals surface area contributed by atoms with Gasteiger partial charge < -0.3 is 5.21 Å². The highest BCUT2D eigenvalue weighted by molar-refractivity contribution is 5.91. The molecule has 0 rings (SSSR count). The molecule has 2 unspecified atom stereocenters. The van der Waals surface area contributed by atoms with Crippen molar-refractivity contribution in [2.75, 3.05) is 0 Å². The summed E-state index contributed by atoms with van der Waals surface area (Å²) < 4.78 is 0. The molecule has 1 N–H and O–H groups in total. The van der Waals surface area contributed by atoms with E-state index in [1.165, 1.54) is 18.4 Å². The van der Waals surface area contributed by atoms with E-state index in [1.54, 1.807) is 0 Å². The predicted octanol–water partition coefficient (Wildman–Crippen LogP) is 5.66. The average Bonchev–Trinajstić information content (AvgIpc) is 2.34. The molecular weight excluding hydrogens is 234 g/mol. The monoisotopic (exact) mass is 267 g/mol. The lowest BCUT2D eigenvalue weighted by atomic mass is 9.68. The Morgan fingerprint density at radius 3 is 2.21 bits per heavy atom. The molecule has 0 radical (unpaired) electrons. The fourth-order valence-corrected chi connectivity index (χ4v) is 2.56. The summed E-state index contributed by atoms with van der Waals surface area (Å²) in [4.78, 5) is 0. The van der Waals surface area contributed by atoms with Crippen LogP contribution in [0.5, 0.6) is 0 Å². The maximum Gasteiger partial charge on any atom is 0.0663 e. The molecule has 2 atom stereocenters. The highest BCUT2D eigenvalue weighted by atomic mass is 16.4. The van der Waals surface area contributed by atoms with E-state index in [2.05, 4.69) is 59.7 Å². The summed E-state index contributed by atoms with van der Waals surface area (Å²) in [6, 6.07) is 0. The number of nitrogens with zero attached hydrogens (tertiary/aromatic N) is 1. The Morgan fingerprint density at radius 2 is 1.84 bits per heavy atom. The van der Waals surface area contributed by atoms with Gasteiger partial charge in [-0.25, -0.2) is 0 Å². The van der Waals surface area contributed by atoms with E-state index in [4.69, 9.17) is 0 Å². The zero-order valence-electron chi connectivity index (χ0n) is 14.0. The first-order valence-electron chi connectivity index (χ1n) is 7.65. The smallest absolute Gasteiger partial charge is 0.0663 e. The molecular formula is C17H33NO. The van der Waals surface area contributed by atoms with Crippen LogP contribution in [-0.2, 0) is 0 Å². The quantitative estimate of drug-likeness (QED) is 0.262. The maximum atomic E-state index is 9.51. The van der Waals surface area contributed by atoms with E-state index >= 15 is 0 Å². The molecule has 0 amide bonds. The minimum absolute atomic E-state index is 0.000334. The molecule has 0 heterocycles. The van der Waals surface area contributed by atoms with Crippen LogP contribution in [0, 0.1) is 17.3 Å². The first-order chi connectivity index (χ1) is 8.79. The lowest BCUT2D eigenvalue weighted by Crippen LogP contribution is -2.37. The van der Waals surface area contributed by atoms with Crippen molar-refractivity contribution in [1.82, 2.24) is 0 Å². The molecule has 0 bridgehead atoms. The normalized spacial score (nSPS) is 17.2. The molecule has 0 fully saturated rings. The van der Waals surface area contributed by atoms with Gasteiger partial charge in [0.25, 0.3) is 0 Å². The van der Waals surface area contributed by atoms with Gasteiger partial charge >= 0.3 is 0 Å². The second-order valence-electron chi connectivity index (χ2n) is 6.58. The highest BCUT2D eigenvalue weighted by Crippen LogP contribution is 2.38. The van der Waals surface area contributed by atoms with Crippen molar-refractivity contribution in [3.05, 3.63) is 11.6 Å². The second-order valence-corrected chi connectivity index (χ2v) is 6.58. The Kier molecular flexibility index (Phi) is 8.05. The third-order valence-electron chi connectivity index (χ3n) is 4.36. The zero-order chi connectivity index (χ0) is 15.1. The van der Waals surface area contributed by atoms with Crippen LogP contribution < -0.4 is 0 Å². The summed E-state index contributed by atoms with van der Waals surface area (Å²) >= 11 is 0. The third kappa shape index (κ3) is 5.38. The molecule has 0 aliphatic heterocycles. The Labute approximate surface area is 120 Å². The summed E-state index contributed by atoms with van der Waals surface area (Å²) in [6.07, 6.45) is 6.65. The summed E-state index contributed by atoms with van der Waals surface area (Å²) in [5, 5.41) is 13.2. The standard InChI is InChI=1S/C17H33NO/c1-8-9-12-17(7,14(4)5)16(18-19)15(6)11-10-13(2)3/h10,14-15,19H,8-9,11-12H2,1-7H3/b18-16+. The van der Waals surface area contributed by atoms with E-state index < -0.39 is 0 Å². The summed E-state index contributed by atoms with van der Waals surface area (Å²) in [7, 11) is 0. The number of oxime groups is 1. The van der Waals surface area contributed by atoms with Crippen molar-refractivity contribution < 1.29 is 5.21 Å². The number of unbranched alkanes of at least 4 members (excludes halogenated alkanes) is 1. The minimum Gasteiger partial charge on any atom is -0.411 e. The molecule has 0 spiro atoms. The number of rotatable bonds is 8. The minimum atomic E-state index is -0.000334. The number of allylic oxidation sites excluding steroid dienone is 2. The molecule has 0 saturated carbocycles. The molecule has 0 aliphatic carbocycles. The summed E-state index contributed by atoms with van der Waals surface area (Å²) in [5.74, 6) is 0.781. The highest BCUT2D eigenvalue weighted by Gasteiger charge is 2.36. The van der Waals surface area contributed by atoms with Gasteiger partial charge in [-0.2, -0.15) is 0 Å². The lowest BCUT2D eigenvalue weighted by Gasteiger charge is -2.37. The van der Waals surface area contributed by atoms with Gasteiger partial charge in [0.15, 0.2) is 0 Å². The van der Waals surface area contributed by atoms with Crippen LogP contribution in [0.15, 0.2) is 16.8 Å². The molecule has 0 aliphatic rings. The summed E-state index contributed by atoms with van der Waals surface area (Å²) in [5.41, 5.74) is 2.29. The van der Waals surface area contributed by atoms with Crippen LogP contribution >= 0.6 is 0 Å². The molecule has 19 heavy (non-hydrogen) atoms. The van der Waals surface area contributed by atoms with Crippen molar-refractivity contribution in [3.8, 4) is 0 Å². The molecule has 112 valence electrons. The third-order valence-corrected chi connectivity index (χ3v) is 4.36. The molecule has 0 aromatic rings. The van der Waals surface area contributed by atoms with Gasteiger partial charge in [-0.3, -0.25) is 0 Å². The number of hydrogen-bond acceptors (Lipinski definition) is 2. The Morgan fingerprint density at radius 1 is 1.26 bits per heavy atom. The van der Waals surface area contributed by atoms with Gasteiger partial charge in [-0.15, -0.1) is 0 Å².